The molecule has 0 saturated heterocycles. The van der Waals surface area contributed by atoms with Gasteiger partial charge >= 0.3 is 0 Å². The lowest BCUT2D eigenvalue weighted by Crippen LogP contribution is -2.25. The number of anilines is 1. The molecule has 2 amide bonds. The van der Waals surface area contributed by atoms with Crippen LogP contribution in [-0.4, -0.2) is 36.6 Å². The van der Waals surface area contributed by atoms with E-state index in [4.69, 9.17) is 4.74 Å². The lowest BCUT2D eigenvalue weighted by Gasteiger charge is -2.09. The van der Waals surface area contributed by atoms with Gasteiger partial charge in [-0.25, -0.2) is 0 Å². The second-order valence-corrected chi connectivity index (χ2v) is 6.73. The summed E-state index contributed by atoms with van der Waals surface area (Å²) in [6, 6.07) is 20.4. The van der Waals surface area contributed by atoms with Crippen molar-refractivity contribution >= 4 is 17.5 Å². The molecule has 2 aromatic carbocycles. The molecule has 0 spiro atoms. The van der Waals surface area contributed by atoms with Crippen LogP contribution in [0.3, 0.4) is 0 Å². The molecule has 1 heterocycles. The molecule has 3 aromatic rings. The van der Waals surface area contributed by atoms with Crippen LogP contribution < -0.4 is 10.6 Å². The number of hydrogen-bond donors (Lipinski definition) is 2. The number of benzene rings is 2. The zero-order valence-corrected chi connectivity index (χ0v) is 16.7. The van der Waals surface area contributed by atoms with Gasteiger partial charge < -0.3 is 15.4 Å². The maximum Gasteiger partial charge on any atom is 0.257 e. The predicted octanol–water partition coefficient (Wildman–Crippen LogP) is 3.71. The Bertz CT molecular complexity index is 946. The second-order valence-electron chi connectivity index (χ2n) is 6.73. The zero-order valence-electron chi connectivity index (χ0n) is 16.7. The van der Waals surface area contributed by atoms with E-state index in [-0.39, 0.29) is 11.8 Å². The van der Waals surface area contributed by atoms with E-state index >= 15 is 0 Å². The molecule has 154 valence electrons. The van der Waals surface area contributed by atoms with Crippen molar-refractivity contribution in [3.63, 3.8) is 0 Å². The standard InChI is InChI=1S/C24H25N3O3/c28-23(26-14-6-15-30-16-12-19-7-2-1-3-8-19)20-9-4-11-22(17-20)27-24(29)21-10-5-13-25-18-21/h1-5,7-11,13,17-18H,6,12,14-16H2,(H,26,28)(H,27,29). The number of pyridine rings is 1. The number of carbonyl (C=O) groups excluding carboxylic acids is 2. The fraction of sp³-hybridized carbons (Fsp3) is 0.208. The van der Waals surface area contributed by atoms with Crippen LogP contribution in [0.1, 0.15) is 32.7 Å². The Morgan fingerprint density at radius 2 is 1.70 bits per heavy atom. The van der Waals surface area contributed by atoms with Gasteiger partial charge in [-0.05, 0) is 48.7 Å². The summed E-state index contributed by atoms with van der Waals surface area (Å²) in [7, 11) is 0. The minimum Gasteiger partial charge on any atom is -0.381 e. The molecule has 30 heavy (non-hydrogen) atoms. The summed E-state index contributed by atoms with van der Waals surface area (Å²) in [4.78, 5) is 28.5. The molecule has 0 saturated carbocycles. The van der Waals surface area contributed by atoms with Crippen molar-refractivity contribution in [2.75, 3.05) is 25.1 Å². The molecule has 6 heteroatoms. The number of rotatable bonds is 10. The van der Waals surface area contributed by atoms with Gasteiger partial charge in [-0.3, -0.25) is 14.6 Å². The summed E-state index contributed by atoms with van der Waals surface area (Å²) in [5.74, 6) is -0.454. The van der Waals surface area contributed by atoms with Crippen LogP contribution in [0.4, 0.5) is 5.69 Å². The van der Waals surface area contributed by atoms with Crippen molar-refractivity contribution in [3.8, 4) is 0 Å². The summed E-state index contributed by atoms with van der Waals surface area (Å²) in [6.45, 7) is 1.78. The summed E-state index contributed by atoms with van der Waals surface area (Å²) in [5.41, 5.74) is 2.76. The van der Waals surface area contributed by atoms with Crippen LogP contribution in [0, 0.1) is 0 Å². The summed E-state index contributed by atoms with van der Waals surface area (Å²) in [6.07, 6.45) is 4.71. The number of nitrogens with zero attached hydrogens (tertiary/aromatic N) is 1. The molecule has 1 aromatic heterocycles. The van der Waals surface area contributed by atoms with Crippen molar-refractivity contribution in [2.24, 2.45) is 0 Å². The molecule has 0 bridgehead atoms. The van der Waals surface area contributed by atoms with E-state index < -0.39 is 0 Å². The third kappa shape index (κ3) is 6.83. The molecule has 0 unspecified atom stereocenters. The van der Waals surface area contributed by atoms with E-state index in [2.05, 4.69) is 27.8 Å². The highest BCUT2D eigenvalue weighted by molar-refractivity contribution is 6.04. The third-order valence-corrected chi connectivity index (χ3v) is 4.44. The molecule has 0 radical (unpaired) electrons. The average Bonchev–Trinajstić information content (AvgIpc) is 2.79. The molecule has 6 nitrogen and oxygen atoms in total. The Morgan fingerprint density at radius 3 is 2.50 bits per heavy atom. The SMILES string of the molecule is O=C(NCCCOCCc1ccccc1)c1cccc(NC(=O)c2cccnc2)c1. The van der Waals surface area contributed by atoms with E-state index in [1.807, 2.05) is 18.2 Å². The monoisotopic (exact) mass is 403 g/mol. The highest BCUT2D eigenvalue weighted by atomic mass is 16.5. The van der Waals surface area contributed by atoms with Gasteiger partial charge in [0.25, 0.3) is 11.8 Å². The molecule has 0 aliphatic rings. The van der Waals surface area contributed by atoms with Gasteiger partial charge in [-0.2, -0.15) is 0 Å². The Kier molecular flexibility index (Phi) is 8.12. The lowest BCUT2D eigenvalue weighted by molar-refractivity contribution is 0.0940. The number of nitrogens with one attached hydrogen (secondary N) is 2. The normalized spacial score (nSPS) is 10.4. The van der Waals surface area contributed by atoms with Crippen LogP contribution >= 0.6 is 0 Å². The van der Waals surface area contributed by atoms with E-state index in [0.717, 1.165) is 12.8 Å². The quantitative estimate of drug-likeness (QED) is 0.506. The topological polar surface area (TPSA) is 80.3 Å². The Morgan fingerprint density at radius 1 is 0.867 bits per heavy atom. The van der Waals surface area contributed by atoms with E-state index in [1.165, 1.54) is 11.8 Å². The van der Waals surface area contributed by atoms with Crippen LogP contribution in [0.5, 0.6) is 0 Å². The first-order chi connectivity index (χ1) is 14.7. The highest BCUT2D eigenvalue weighted by Crippen LogP contribution is 2.12. The van der Waals surface area contributed by atoms with Gasteiger partial charge in [-0.15, -0.1) is 0 Å². The van der Waals surface area contributed by atoms with Gasteiger partial charge in [-0.1, -0.05) is 36.4 Å². The third-order valence-electron chi connectivity index (χ3n) is 4.44. The van der Waals surface area contributed by atoms with Crippen LogP contribution in [0.2, 0.25) is 0 Å². The van der Waals surface area contributed by atoms with E-state index in [0.29, 0.717) is 36.6 Å². The maximum absolute atomic E-state index is 12.4. The van der Waals surface area contributed by atoms with Crippen molar-refractivity contribution in [3.05, 3.63) is 95.8 Å². The maximum atomic E-state index is 12.4. The lowest BCUT2D eigenvalue weighted by atomic mass is 10.1. The number of ether oxygens (including phenoxy) is 1. The van der Waals surface area contributed by atoms with Gasteiger partial charge in [0.05, 0.1) is 12.2 Å². The number of hydrogen-bond acceptors (Lipinski definition) is 4. The largest absolute Gasteiger partial charge is 0.381 e. The zero-order chi connectivity index (χ0) is 21.0. The Labute approximate surface area is 176 Å². The van der Waals surface area contributed by atoms with Crippen molar-refractivity contribution in [2.45, 2.75) is 12.8 Å². The molecular formula is C24H25N3O3. The van der Waals surface area contributed by atoms with Gasteiger partial charge in [0.1, 0.15) is 0 Å². The molecule has 0 aliphatic heterocycles. The molecule has 0 atom stereocenters. The first-order valence-corrected chi connectivity index (χ1v) is 9.94. The average molecular weight is 403 g/mol. The molecule has 2 N–H and O–H groups in total. The predicted molar refractivity (Wildman–Crippen MR) is 117 cm³/mol. The summed E-state index contributed by atoms with van der Waals surface area (Å²) in [5, 5.41) is 5.66. The minimum atomic E-state index is -0.270. The van der Waals surface area contributed by atoms with Crippen molar-refractivity contribution in [1.82, 2.24) is 10.3 Å². The van der Waals surface area contributed by atoms with Gasteiger partial charge in [0.15, 0.2) is 0 Å². The van der Waals surface area contributed by atoms with Crippen LogP contribution in [0.25, 0.3) is 0 Å². The first kappa shape index (κ1) is 21.2. The van der Waals surface area contributed by atoms with Crippen molar-refractivity contribution in [1.29, 1.82) is 0 Å². The van der Waals surface area contributed by atoms with Crippen LogP contribution in [0.15, 0.2) is 79.1 Å². The first-order valence-electron chi connectivity index (χ1n) is 9.94. The molecule has 0 aliphatic carbocycles. The fourth-order valence-electron chi connectivity index (χ4n) is 2.85. The van der Waals surface area contributed by atoms with E-state index in [1.54, 1.807) is 42.6 Å². The molecular weight excluding hydrogens is 378 g/mol. The van der Waals surface area contributed by atoms with Gasteiger partial charge in [0.2, 0.25) is 0 Å². The summed E-state index contributed by atoms with van der Waals surface area (Å²) < 4.78 is 5.63. The van der Waals surface area contributed by atoms with Crippen LogP contribution in [-0.2, 0) is 11.2 Å². The fourth-order valence-corrected chi connectivity index (χ4v) is 2.85. The summed E-state index contributed by atoms with van der Waals surface area (Å²) >= 11 is 0. The minimum absolute atomic E-state index is 0.184. The molecule has 3 rings (SSSR count). The number of carbonyl (C=O) groups is 2. The smallest absolute Gasteiger partial charge is 0.257 e. The second kappa shape index (κ2) is 11.5. The number of amides is 2. The Hall–Kier alpha value is -3.51. The number of aromatic nitrogens is 1. The molecule has 0 fully saturated rings. The van der Waals surface area contributed by atoms with E-state index in [9.17, 15) is 9.59 Å². The Balaban J connectivity index is 1.37. The highest BCUT2D eigenvalue weighted by Gasteiger charge is 2.09. The van der Waals surface area contributed by atoms with Gasteiger partial charge in [0, 0.05) is 36.8 Å². The van der Waals surface area contributed by atoms with Crippen molar-refractivity contribution < 1.29 is 14.3 Å².